The Bertz CT molecular complexity index is 1330. The lowest BCUT2D eigenvalue weighted by Gasteiger charge is -2.63. The summed E-state index contributed by atoms with van der Waals surface area (Å²) < 4.78 is 4.83. The highest BCUT2D eigenvalue weighted by atomic mass is 16.6. The number of nitro benzene ring substituents is 1. The molecule has 0 bridgehead atoms. The summed E-state index contributed by atoms with van der Waals surface area (Å²) in [6.07, 6.45) is 5.92. The maximum absolute atomic E-state index is 11.8. The zero-order valence-electron chi connectivity index (χ0n) is 24.0. The van der Waals surface area contributed by atoms with Crippen molar-refractivity contribution in [3.63, 3.8) is 0 Å². The summed E-state index contributed by atoms with van der Waals surface area (Å²) >= 11 is 0. The monoisotopic (exact) mass is 570 g/mol. The van der Waals surface area contributed by atoms with Crippen molar-refractivity contribution >= 4 is 28.4 Å². The van der Waals surface area contributed by atoms with Crippen LogP contribution in [0, 0.1) is 56.5 Å². The highest BCUT2D eigenvalue weighted by molar-refractivity contribution is 5.93. The van der Waals surface area contributed by atoms with E-state index in [0.717, 1.165) is 38.5 Å². The van der Waals surface area contributed by atoms with Crippen molar-refractivity contribution in [1.29, 1.82) is 0 Å². The second-order valence-electron chi connectivity index (χ2n) is 14.0. The fourth-order valence-electron chi connectivity index (χ4n) is 10.2. The number of hydrogen-bond acceptors (Lipinski definition) is 9. The minimum absolute atomic E-state index is 0.00234. The maximum Gasteiger partial charge on any atom is 0.303 e. The van der Waals surface area contributed by atoms with Gasteiger partial charge in [0.2, 0.25) is 5.52 Å². The summed E-state index contributed by atoms with van der Waals surface area (Å²) in [5.41, 5.74) is 0.680. The Balaban J connectivity index is 1.20. The van der Waals surface area contributed by atoms with Crippen LogP contribution in [0.5, 0.6) is 0 Å². The Kier molecular flexibility index (Phi) is 7.04. The van der Waals surface area contributed by atoms with E-state index in [1.54, 1.807) is 6.07 Å². The van der Waals surface area contributed by atoms with Crippen LogP contribution < -0.4 is 5.32 Å². The van der Waals surface area contributed by atoms with Gasteiger partial charge in [0.05, 0.1) is 22.8 Å². The highest BCUT2D eigenvalue weighted by Gasteiger charge is 2.65. The minimum atomic E-state index is -0.775. The van der Waals surface area contributed by atoms with Gasteiger partial charge in [-0.15, -0.1) is 0 Å². The Morgan fingerprint density at radius 3 is 2.63 bits per heavy atom. The second-order valence-corrected chi connectivity index (χ2v) is 14.0. The molecule has 0 amide bonds. The molecule has 11 heteroatoms. The van der Waals surface area contributed by atoms with Crippen molar-refractivity contribution < 1.29 is 29.7 Å². The van der Waals surface area contributed by atoms with Gasteiger partial charge in [-0.2, -0.15) is 0 Å². The molecular formula is C30H42N4O7. The van der Waals surface area contributed by atoms with Gasteiger partial charge in [0.25, 0.3) is 0 Å². The fourth-order valence-corrected chi connectivity index (χ4v) is 10.2. The molecule has 0 saturated heterocycles. The molecule has 41 heavy (non-hydrogen) atoms. The first kappa shape index (κ1) is 28.3. The van der Waals surface area contributed by atoms with Gasteiger partial charge < -0.3 is 20.6 Å². The number of carbonyl (C=O) groups is 1. The summed E-state index contributed by atoms with van der Waals surface area (Å²) in [7, 11) is 0. The average molecular weight is 571 g/mol. The number of nitrogens with one attached hydrogen (secondary N) is 1. The molecule has 6 rings (SSSR count). The van der Waals surface area contributed by atoms with Crippen LogP contribution in [0.15, 0.2) is 16.8 Å². The van der Waals surface area contributed by atoms with E-state index in [2.05, 4.69) is 36.4 Å². The standard InChI is InChI=1S/C30H42N4O7/c1-15(4-9-25(37)38)18-5-6-19-26-20(14-24(36)30(18,19)3)29(2)11-10-17(12-16(29)13-23(26)35)31-21-7-8-22(34(39)40)28-27(21)32-41-33-28/h7-8,15-20,23-24,26,31,35-36H,4-6,9-14H2,1-3H3,(H,37,38)/t15-,16+,17+,18-,19+,20+,23-,24+,26+,29+,30-/m1/s1. The molecule has 2 aromatic rings. The summed E-state index contributed by atoms with van der Waals surface area (Å²) in [6.45, 7) is 6.70. The smallest absolute Gasteiger partial charge is 0.303 e. The van der Waals surface area contributed by atoms with Crippen LogP contribution in [0.4, 0.5) is 11.4 Å². The number of anilines is 1. The summed E-state index contributed by atoms with van der Waals surface area (Å²) in [5, 5.41) is 55.3. The average Bonchev–Trinajstić information content (AvgIpc) is 3.55. The van der Waals surface area contributed by atoms with Crippen LogP contribution in [-0.4, -0.2) is 54.8 Å². The molecule has 0 radical (unpaired) electrons. The van der Waals surface area contributed by atoms with Gasteiger partial charge >= 0.3 is 11.7 Å². The van der Waals surface area contributed by atoms with Gasteiger partial charge in [-0.1, -0.05) is 20.8 Å². The first-order chi connectivity index (χ1) is 19.4. The number of carboxylic acid groups (broad SMARTS) is 1. The zero-order chi connectivity index (χ0) is 29.3. The number of rotatable bonds is 7. The van der Waals surface area contributed by atoms with Gasteiger partial charge in [-0.05, 0) is 114 Å². The Labute approximate surface area is 239 Å². The van der Waals surface area contributed by atoms with Crippen molar-refractivity contribution in [3.05, 3.63) is 22.2 Å². The summed E-state index contributed by atoms with van der Waals surface area (Å²) in [5.74, 6) is 0.560. The molecule has 1 heterocycles. The van der Waals surface area contributed by atoms with Gasteiger partial charge in [-0.25, -0.2) is 4.63 Å². The zero-order valence-corrected chi connectivity index (χ0v) is 24.0. The van der Waals surface area contributed by atoms with E-state index in [4.69, 9.17) is 4.63 Å². The molecule has 4 aliphatic carbocycles. The number of non-ortho nitro benzene ring substituents is 1. The van der Waals surface area contributed by atoms with Crippen LogP contribution in [-0.2, 0) is 4.79 Å². The molecule has 4 fully saturated rings. The van der Waals surface area contributed by atoms with Crippen LogP contribution in [0.3, 0.4) is 0 Å². The number of carboxylic acids is 1. The molecule has 4 aliphatic rings. The van der Waals surface area contributed by atoms with E-state index in [9.17, 15) is 30.2 Å². The van der Waals surface area contributed by atoms with E-state index in [1.807, 2.05) is 0 Å². The first-order valence-corrected chi connectivity index (χ1v) is 15.2. The lowest BCUT2D eigenvalue weighted by Crippen LogP contribution is -2.62. The predicted octanol–water partition coefficient (Wildman–Crippen LogP) is 5.01. The lowest BCUT2D eigenvalue weighted by atomic mass is 9.43. The van der Waals surface area contributed by atoms with Crippen molar-refractivity contribution in [2.24, 2.45) is 46.3 Å². The number of fused-ring (bicyclic) bond motifs is 6. The molecule has 1 aromatic heterocycles. The molecule has 4 saturated carbocycles. The van der Waals surface area contributed by atoms with Crippen LogP contribution in [0.2, 0.25) is 0 Å². The number of benzene rings is 1. The predicted molar refractivity (Wildman–Crippen MR) is 150 cm³/mol. The number of aliphatic hydroxyl groups is 2. The maximum atomic E-state index is 11.8. The largest absolute Gasteiger partial charge is 0.481 e. The topological polar surface area (TPSA) is 172 Å². The second kappa shape index (κ2) is 10.2. The van der Waals surface area contributed by atoms with Crippen molar-refractivity contribution in [2.45, 2.75) is 96.8 Å². The molecule has 0 aliphatic heterocycles. The number of aliphatic carboxylic acids is 1. The third-order valence-electron chi connectivity index (χ3n) is 12.3. The molecule has 11 nitrogen and oxygen atoms in total. The van der Waals surface area contributed by atoms with Gasteiger partial charge in [0, 0.05) is 18.5 Å². The molecular weight excluding hydrogens is 528 g/mol. The summed E-state index contributed by atoms with van der Waals surface area (Å²) in [4.78, 5) is 22.1. The normalized spacial score (nSPS) is 40.8. The Morgan fingerprint density at radius 1 is 1.15 bits per heavy atom. The Morgan fingerprint density at radius 2 is 1.90 bits per heavy atom. The van der Waals surface area contributed by atoms with Crippen molar-refractivity contribution in [2.75, 3.05) is 5.32 Å². The van der Waals surface area contributed by atoms with Gasteiger partial charge in [-0.3, -0.25) is 14.9 Å². The van der Waals surface area contributed by atoms with Crippen molar-refractivity contribution in [1.82, 2.24) is 10.3 Å². The molecule has 0 spiro atoms. The third-order valence-corrected chi connectivity index (χ3v) is 12.3. The number of aliphatic hydroxyl groups excluding tert-OH is 2. The number of nitrogens with zero attached hydrogens (tertiary/aromatic N) is 3. The van der Waals surface area contributed by atoms with Crippen LogP contribution >= 0.6 is 0 Å². The first-order valence-electron chi connectivity index (χ1n) is 15.2. The third kappa shape index (κ3) is 4.42. The van der Waals surface area contributed by atoms with Crippen LogP contribution in [0.1, 0.15) is 78.6 Å². The SMILES string of the molecule is C[C@H](CCC(=O)O)[C@H]1CC[C@H]2[C@@H]3[C@H](O)C[C@@H]4C[C@@H](Nc5ccc([N+](=O)[O-])c6nonc56)CC[C@]4(C)[C@H]3C[C@H](O)[C@]12C. The van der Waals surface area contributed by atoms with Gasteiger partial charge in [0.15, 0.2) is 5.52 Å². The lowest BCUT2D eigenvalue weighted by molar-refractivity contribution is -0.383. The number of hydrogen-bond donors (Lipinski definition) is 4. The number of aromatic nitrogens is 2. The van der Waals surface area contributed by atoms with E-state index in [-0.39, 0.29) is 70.0 Å². The number of nitro groups is 1. The molecule has 4 N–H and O–H groups in total. The fraction of sp³-hybridized carbons (Fsp3) is 0.767. The minimum Gasteiger partial charge on any atom is -0.481 e. The molecule has 0 unspecified atom stereocenters. The van der Waals surface area contributed by atoms with E-state index < -0.39 is 23.1 Å². The van der Waals surface area contributed by atoms with E-state index in [1.165, 1.54) is 6.07 Å². The van der Waals surface area contributed by atoms with E-state index in [0.29, 0.717) is 24.0 Å². The molecule has 11 atom stereocenters. The summed E-state index contributed by atoms with van der Waals surface area (Å²) in [6, 6.07) is 3.20. The molecule has 1 aromatic carbocycles. The quantitative estimate of drug-likeness (QED) is 0.262. The van der Waals surface area contributed by atoms with Crippen molar-refractivity contribution in [3.8, 4) is 0 Å². The van der Waals surface area contributed by atoms with Gasteiger partial charge in [0.1, 0.15) is 0 Å². The van der Waals surface area contributed by atoms with E-state index >= 15 is 0 Å². The Hall–Kier alpha value is -2.79. The van der Waals surface area contributed by atoms with Crippen LogP contribution in [0.25, 0.3) is 11.0 Å². The molecule has 224 valence electrons. The highest BCUT2D eigenvalue weighted by Crippen LogP contribution is 2.68.